The Labute approximate surface area is 336 Å². The summed E-state index contributed by atoms with van der Waals surface area (Å²) in [7, 11) is 1.32. The smallest absolute Gasteiger partial charge is 0.187 e. The van der Waals surface area contributed by atoms with Crippen LogP contribution in [-0.4, -0.2) is 175 Å². The molecule has 2 saturated heterocycles. The molecule has 16 nitrogen and oxygen atoms in total. The number of ether oxygens (including phenoxy) is 5. The number of hydrogen-bond donors (Lipinski definition) is 11. The van der Waals surface area contributed by atoms with E-state index >= 15 is 0 Å². The van der Waals surface area contributed by atoms with E-state index in [0.717, 1.165) is 6.42 Å². The van der Waals surface area contributed by atoms with E-state index in [2.05, 4.69) is 27.7 Å². The van der Waals surface area contributed by atoms with E-state index in [4.69, 9.17) is 23.7 Å². The molecule has 23 atom stereocenters. The lowest BCUT2D eigenvalue weighted by Crippen LogP contribution is -2.71. The normalized spacial score (nSPS) is 51.6. The second-order valence-corrected chi connectivity index (χ2v) is 19.5. The molecule has 0 amide bonds. The lowest BCUT2D eigenvalue weighted by molar-refractivity contribution is -0.307. The first-order valence-electron chi connectivity index (χ1n) is 21.3. The van der Waals surface area contributed by atoms with Crippen LogP contribution in [0.15, 0.2) is 0 Å². The first kappa shape index (κ1) is 45.9. The minimum absolute atomic E-state index is 0.0403. The third-order valence-corrected chi connectivity index (χ3v) is 16.0. The molecule has 332 valence electrons. The van der Waals surface area contributed by atoms with Gasteiger partial charge in [-0.2, -0.15) is 0 Å². The summed E-state index contributed by atoms with van der Waals surface area (Å²) in [6.07, 6.45) is -12.5. The van der Waals surface area contributed by atoms with E-state index in [9.17, 15) is 56.2 Å². The lowest BCUT2D eigenvalue weighted by atomic mass is 9.41. The Hall–Kier alpha value is -0.640. The van der Waals surface area contributed by atoms with Gasteiger partial charge in [0.15, 0.2) is 12.6 Å². The van der Waals surface area contributed by atoms with E-state index in [1.807, 2.05) is 6.92 Å². The minimum Gasteiger partial charge on any atom is -0.394 e. The Kier molecular flexibility index (Phi) is 14.2. The van der Waals surface area contributed by atoms with Crippen molar-refractivity contribution in [2.24, 2.45) is 52.3 Å². The first-order valence-corrected chi connectivity index (χ1v) is 21.3. The maximum Gasteiger partial charge on any atom is 0.187 e. The zero-order valence-electron chi connectivity index (χ0n) is 34.4. The van der Waals surface area contributed by atoms with Crippen molar-refractivity contribution in [1.82, 2.24) is 0 Å². The topological polar surface area (TPSA) is 269 Å². The van der Waals surface area contributed by atoms with Gasteiger partial charge < -0.3 is 79.9 Å². The molecule has 0 aromatic carbocycles. The third-order valence-electron chi connectivity index (χ3n) is 16.0. The number of fused-ring (bicyclic) bond motifs is 5. The highest BCUT2D eigenvalue weighted by molar-refractivity contribution is 5.22. The van der Waals surface area contributed by atoms with Crippen LogP contribution < -0.4 is 0 Å². The Morgan fingerprint density at radius 1 is 0.754 bits per heavy atom. The van der Waals surface area contributed by atoms with Crippen molar-refractivity contribution in [2.45, 2.75) is 177 Å². The number of aliphatic hydroxyl groups is 11. The monoisotopic (exact) mass is 820 g/mol. The summed E-state index contributed by atoms with van der Waals surface area (Å²) in [5.74, 6) is -1.59. The Balaban J connectivity index is 1.10. The van der Waals surface area contributed by atoms with Gasteiger partial charge in [0.1, 0.15) is 42.7 Å². The van der Waals surface area contributed by atoms with Crippen LogP contribution in [0.25, 0.3) is 0 Å². The highest BCUT2D eigenvalue weighted by atomic mass is 16.8. The summed E-state index contributed by atoms with van der Waals surface area (Å²) in [5, 5.41) is 121. The van der Waals surface area contributed by atoms with Crippen molar-refractivity contribution >= 4 is 0 Å². The van der Waals surface area contributed by atoms with Crippen molar-refractivity contribution in [3.63, 3.8) is 0 Å². The van der Waals surface area contributed by atoms with Gasteiger partial charge in [0.25, 0.3) is 0 Å². The molecular weight excluding hydrogens is 748 g/mol. The van der Waals surface area contributed by atoms with Crippen LogP contribution in [-0.2, 0) is 23.7 Å². The molecule has 4 aliphatic carbocycles. The van der Waals surface area contributed by atoms with Crippen molar-refractivity contribution in [1.29, 1.82) is 0 Å². The first-order chi connectivity index (χ1) is 26.8. The number of methoxy groups -OCH3 is 1. The maximum atomic E-state index is 12.7. The number of rotatable bonds is 14. The van der Waals surface area contributed by atoms with Crippen LogP contribution in [0, 0.1) is 52.3 Å². The van der Waals surface area contributed by atoms with Crippen molar-refractivity contribution in [3.05, 3.63) is 0 Å². The summed E-state index contributed by atoms with van der Waals surface area (Å²) in [5.41, 5.74) is -2.74. The van der Waals surface area contributed by atoms with Gasteiger partial charge in [-0.1, -0.05) is 41.0 Å². The molecule has 0 bridgehead atoms. The van der Waals surface area contributed by atoms with Crippen molar-refractivity contribution < 1.29 is 79.9 Å². The summed E-state index contributed by atoms with van der Waals surface area (Å²) < 4.78 is 28.9. The van der Waals surface area contributed by atoms with E-state index < -0.39 is 121 Å². The van der Waals surface area contributed by atoms with Crippen LogP contribution in [0.1, 0.15) is 86.0 Å². The molecule has 11 N–H and O–H groups in total. The molecule has 0 radical (unpaired) electrons. The molecule has 6 rings (SSSR count). The zero-order chi connectivity index (χ0) is 41.9. The maximum absolute atomic E-state index is 12.7. The average Bonchev–Trinajstić information content (AvgIpc) is 3.56. The molecule has 0 aromatic rings. The zero-order valence-corrected chi connectivity index (χ0v) is 34.4. The van der Waals surface area contributed by atoms with Gasteiger partial charge in [0.2, 0.25) is 0 Å². The second kappa shape index (κ2) is 17.6. The lowest BCUT2D eigenvalue weighted by Gasteiger charge is -2.66. The number of hydrogen-bond acceptors (Lipinski definition) is 16. The molecule has 57 heavy (non-hydrogen) atoms. The molecule has 16 heteroatoms. The van der Waals surface area contributed by atoms with Gasteiger partial charge in [0.05, 0.1) is 55.9 Å². The fraction of sp³-hybridized carbons (Fsp3) is 1.00. The van der Waals surface area contributed by atoms with Gasteiger partial charge in [-0.3, -0.25) is 0 Å². The molecule has 6 fully saturated rings. The fourth-order valence-corrected chi connectivity index (χ4v) is 13.1. The highest BCUT2D eigenvalue weighted by Crippen LogP contribution is 2.70. The highest BCUT2D eigenvalue weighted by Gasteiger charge is 2.73. The van der Waals surface area contributed by atoms with E-state index in [-0.39, 0.29) is 49.2 Å². The van der Waals surface area contributed by atoms with Gasteiger partial charge in [-0.05, 0) is 78.9 Å². The molecular formula is C41H72O16. The van der Waals surface area contributed by atoms with Gasteiger partial charge in [-0.15, -0.1) is 0 Å². The molecule has 20 unspecified atom stereocenters. The second-order valence-electron chi connectivity index (χ2n) is 19.5. The van der Waals surface area contributed by atoms with Crippen LogP contribution in [0.5, 0.6) is 0 Å². The van der Waals surface area contributed by atoms with E-state index in [0.29, 0.717) is 38.5 Å². The van der Waals surface area contributed by atoms with Crippen LogP contribution in [0.2, 0.25) is 0 Å². The quantitative estimate of drug-likeness (QED) is 0.101. The Bertz CT molecular complexity index is 1330. The summed E-state index contributed by atoms with van der Waals surface area (Å²) >= 11 is 0. The van der Waals surface area contributed by atoms with Gasteiger partial charge in [-0.25, -0.2) is 0 Å². The van der Waals surface area contributed by atoms with Crippen molar-refractivity contribution in [2.75, 3.05) is 26.9 Å². The SMILES string of the molecule is COC1C(OC2C(OCC[C@@H](CC[C@@H](C)C3C(O)[C@H](O)C4C3(C)CCC3C5(C)CCC(O)C(O)C5C(O)CC34O)C(C)C)OC(C(O)CO)C2O)OCC(O)C1O. The van der Waals surface area contributed by atoms with Gasteiger partial charge in [0, 0.05) is 25.4 Å². The standard InChI is InChI=1S/C41H72O16/c1-18(2)20(11-14-54-38-35(32(51)33(56-38)23(45)16-42)57-37-34(53-6)29(48)24(46)17-55-37)8-7-19(3)26-30(49)31(50)36-40(26,5)13-10-25-39(4)12-9-21(43)28(47)27(39)22(44)15-41(25,36)52/h18-38,42-52H,7-17H2,1-6H3/t19-,20-,21?,22?,23?,24?,25?,26?,27?,28?,29?,30?,31+,32?,33?,34?,35?,36?,37?,38?,39?,40?,41?/m1/s1. The molecule has 2 heterocycles. The molecule has 6 aliphatic rings. The fourth-order valence-electron chi connectivity index (χ4n) is 13.1. The van der Waals surface area contributed by atoms with Gasteiger partial charge >= 0.3 is 0 Å². The van der Waals surface area contributed by atoms with E-state index in [1.165, 1.54) is 7.11 Å². The predicted molar refractivity (Wildman–Crippen MR) is 201 cm³/mol. The molecule has 2 aliphatic heterocycles. The summed E-state index contributed by atoms with van der Waals surface area (Å²) in [4.78, 5) is 0. The van der Waals surface area contributed by atoms with Crippen LogP contribution in [0.4, 0.5) is 0 Å². The third kappa shape index (κ3) is 8.00. The van der Waals surface area contributed by atoms with Crippen LogP contribution >= 0.6 is 0 Å². The molecule has 4 saturated carbocycles. The van der Waals surface area contributed by atoms with E-state index in [1.54, 1.807) is 0 Å². The van der Waals surface area contributed by atoms with Crippen LogP contribution in [0.3, 0.4) is 0 Å². The summed E-state index contributed by atoms with van der Waals surface area (Å²) in [6, 6.07) is 0. The minimum atomic E-state index is -1.47. The van der Waals surface area contributed by atoms with Crippen molar-refractivity contribution in [3.8, 4) is 0 Å². The average molecular weight is 821 g/mol. The predicted octanol–water partition coefficient (Wildman–Crippen LogP) is -0.983. The Morgan fingerprint density at radius 2 is 1.44 bits per heavy atom. The Morgan fingerprint density at radius 3 is 2.09 bits per heavy atom. The molecule has 0 spiro atoms. The largest absolute Gasteiger partial charge is 0.394 e. The molecule has 0 aromatic heterocycles. The summed E-state index contributed by atoms with van der Waals surface area (Å²) in [6.45, 7) is 9.63. The number of aliphatic hydroxyl groups excluding tert-OH is 10.